The van der Waals surface area contributed by atoms with Gasteiger partial charge in [-0.05, 0) is 32.1 Å². The minimum absolute atomic E-state index is 0.310. The summed E-state index contributed by atoms with van der Waals surface area (Å²) in [6, 6.07) is -0.728. The van der Waals surface area contributed by atoms with Crippen molar-refractivity contribution in [2.75, 3.05) is 12.8 Å². The number of aliphatic carboxylic acids is 1. The van der Waals surface area contributed by atoms with Gasteiger partial charge in [0.15, 0.2) is 5.17 Å². The number of hydrogen-bond donors (Lipinski definition) is 3. The zero-order chi connectivity index (χ0) is 11.0. The molecule has 5 nitrogen and oxygen atoms in total. The van der Waals surface area contributed by atoms with Crippen LogP contribution in [-0.4, -0.2) is 35.1 Å². The zero-order valence-electron chi connectivity index (χ0n) is 8.27. The summed E-state index contributed by atoms with van der Waals surface area (Å²) in [6.45, 7) is 0.577. The molecule has 14 heavy (non-hydrogen) atoms. The summed E-state index contributed by atoms with van der Waals surface area (Å²) in [7, 11) is 0. The maximum atomic E-state index is 10.7. The highest BCUT2D eigenvalue weighted by Crippen LogP contribution is 2.06. The molecule has 0 amide bonds. The molecule has 0 radical (unpaired) electrons. The van der Waals surface area contributed by atoms with Crippen LogP contribution in [0.15, 0.2) is 4.99 Å². The zero-order valence-corrected chi connectivity index (χ0v) is 9.09. The number of rotatable bonds is 6. The van der Waals surface area contributed by atoms with Crippen molar-refractivity contribution in [3.05, 3.63) is 0 Å². The van der Waals surface area contributed by atoms with Gasteiger partial charge in [-0.25, -0.2) is 9.79 Å². The number of carboxylic acids is 1. The minimum atomic E-state index is -0.931. The third-order valence-electron chi connectivity index (χ3n) is 1.71. The van der Waals surface area contributed by atoms with Crippen LogP contribution in [0.1, 0.15) is 19.3 Å². The molecule has 82 valence electrons. The van der Waals surface area contributed by atoms with Crippen LogP contribution in [0.3, 0.4) is 0 Å². The van der Waals surface area contributed by atoms with E-state index in [2.05, 4.69) is 4.99 Å². The van der Waals surface area contributed by atoms with Gasteiger partial charge in [0.25, 0.3) is 0 Å². The monoisotopic (exact) mass is 219 g/mol. The highest BCUT2D eigenvalue weighted by atomic mass is 32.2. The number of nitrogens with two attached hydrogens (primary N) is 2. The van der Waals surface area contributed by atoms with E-state index in [-0.39, 0.29) is 0 Å². The molecule has 5 N–H and O–H groups in total. The largest absolute Gasteiger partial charge is 0.480 e. The van der Waals surface area contributed by atoms with Crippen LogP contribution in [-0.2, 0) is 4.79 Å². The van der Waals surface area contributed by atoms with Crippen molar-refractivity contribution in [2.24, 2.45) is 16.5 Å². The molecule has 0 bridgehead atoms. The highest BCUT2D eigenvalue weighted by molar-refractivity contribution is 8.13. The molecule has 0 saturated heterocycles. The van der Waals surface area contributed by atoms with Gasteiger partial charge in [0.1, 0.15) is 6.04 Å². The molecule has 0 aliphatic rings. The maximum Gasteiger partial charge on any atom is 0.328 e. The second kappa shape index (κ2) is 7.64. The first-order valence-electron chi connectivity index (χ1n) is 4.42. The third kappa shape index (κ3) is 5.82. The molecular formula is C8H17N3O2S. The Hall–Kier alpha value is -0.750. The fraction of sp³-hybridized carbons (Fsp3) is 0.750. The van der Waals surface area contributed by atoms with Gasteiger partial charge in [0.2, 0.25) is 0 Å². The van der Waals surface area contributed by atoms with Crippen molar-refractivity contribution in [3.8, 4) is 0 Å². The average Bonchev–Trinajstić information content (AvgIpc) is 2.16. The third-order valence-corrected chi connectivity index (χ3v) is 2.23. The summed E-state index contributed by atoms with van der Waals surface area (Å²) in [6.07, 6.45) is 3.84. The summed E-state index contributed by atoms with van der Waals surface area (Å²) in [5, 5.41) is 9.12. The van der Waals surface area contributed by atoms with E-state index in [1.54, 1.807) is 6.26 Å². The van der Waals surface area contributed by atoms with Crippen molar-refractivity contribution < 1.29 is 9.90 Å². The molecule has 6 heteroatoms. The molecule has 0 rings (SSSR count). The van der Waals surface area contributed by atoms with Crippen molar-refractivity contribution in [1.82, 2.24) is 0 Å². The van der Waals surface area contributed by atoms with Gasteiger partial charge in [-0.3, -0.25) is 0 Å². The van der Waals surface area contributed by atoms with Gasteiger partial charge in [-0.15, -0.1) is 0 Å². The predicted octanol–water partition coefficient (Wildman–Crippen LogP) is 0.246. The number of amidine groups is 1. The fourth-order valence-electron chi connectivity index (χ4n) is 0.932. The molecule has 1 atom stereocenters. The summed E-state index contributed by atoms with van der Waals surface area (Å²) < 4.78 is 0. The van der Waals surface area contributed by atoms with Crippen molar-refractivity contribution >= 4 is 22.9 Å². The Kier molecular flexibility index (Phi) is 7.23. The molecule has 0 fully saturated rings. The van der Waals surface area contributed by atoms with E-state index in [0.29, 0.717) is 18.1 Å². The molecule has 0 heterocycles. The molecule has 0 saturated carbocycles. The van der Waals surface area contributed by atoms with E-state index in [1.807, 2.05) is 0 Å². The first-order chi connectivity index (χ1) is 6.61. The topological polar surface area (TPSA) is 102 Å². The molecule has 0 unspecified atom stereocenters. The maximum absolute atomic E-state index is 10.7. The normalized spacial score (nSPS) is 14.0. The minimum Gasteiger partial charge on any atom is -0.480 e. The van der Waals surface area contributed by atoms with Crippen LogP contribution in [0.2, 0.25) is 0 Å². The summed E-state index contributed by atoms with van der Waals surface area (Å²) >= 11 is 1.25. The first-order valence-corrected chi connectivity index (χ1v) is 5.64. The van der Waals surface area contributed by atoms with E-state index >= 15 is 0 Å². The van der Waals surface area contributed by atoms with Crippen LogP contribution in [0.25, 0.3) is 0 Å². The van der Waals surface area contributed by atoms with Gasteiger partial charge in [-0.2, -0.15) is 0 Å². The van der Waals surface area contributed by atoms with Gasteiger partial charge in [0.05, 0.1) is 0 Å². The van der Waals surface area contributed by atoms with Gasteiger partial charge >= 0.3 is 5.97 Å². The Morgan fingerprint density at radius 2 is 2.21 bits per heavy atom. The number of thioether (sulfide) groups is 1. The van der Waals surface area contributed by atoms with Crippen LogP contribution in [0, 0.1) is 0 Å². The molecule has 0 aliphatic carbocycles. The standard InChI is InChI=1S/C8H17N3O2S/c1-14-8(10)11-6(7(12)13)4-2-3-5-9/h6H,2-5,9H2,1H3,(H2,10,11)(H,12,13)/t6-/m1/s1. The van der Waals surface area contributed by atoms with Crippen LogP contribution < -0.4 is 11.5 Å². The van der Waals surface area contributed by atoms with Gasteiger partial charge < -0.3 is 16.6 Å². The first kappa shape index (κ1) is 13.2. The van der Waals surface area contributed by atoms with Gasteiger partial charge in [0, 0.05) is 0 Å². The Balaban J connectivity index is 4.09. The number of carbonyl (C=O) groups is 1. The van der Waals surface area contributed by atoms with Gasteiger partial charge in [-0.1, -0.05) is 11.8 Å². The highest BCUT2D eigenvalue weighted by Gasteiger charge is 2.15. The number of nitrogens with zero attached hydrogens (tertiary/aromatic N) is 1. The lowest BCUT2D eigenvalue weighted by Crippen LogP contribution is -2.22. The molecule has 0 aromatic carbocycles. The quantitative estimate of drug-likeness (QED) is 0.337. The summed E-state index contributed by atoms with van der Waals surface area (Å²) in [5.41, 5.74) is 10.7. The average molecular weight is 219 g/mol. The summed E-state index contributed by atoms with van der Waals surface area (Å²) in [5.74, 6) is -0.931. The Morgan fingerprint density at radius 3 is 2.64 bits per heavy atom. The predicted molar refractivity (Wildman–Crippen MR) is 59.5 cm³/mol. The smallest absolute Gasteiger partial charge is 0.328 e. The second-order valence-electron chi connectivity index (χ2n) is 2.81. The van der Waals surface area contributed by atoms with E-state index < -0.39 is 12.0 Å². The molecule has 0 aromatic rings. The summed E-state index contributed by atoms with van der Waals surface area (Å²) in [4.78, 5) is 14.6. The van der Waals surface area contributed by atoms with Crippen LogP contribution >= 0.6 is 11.8 Å². The number of unbranched alkanes of at least 4 members (excludes halogenated alkanes) is 1. The lowest BCUT2D eigenvalue weighted by Gasteiger charge is -2.07. The van der Waals surface area contributed by atoms with E-state index in [4.69, 9.17) is 16.6 Å². The fourth-order valence-corrected chi connectivity index (χ4v) is 1.16. The molecule has 0 aromatic heterocycles. The number of aliphatic imine (C=N–C) groups is 1. The van der Waals surface area contributed by atoms with E-state index in [9.17, 15) is 4.79 Å². The van der Waals surface area contributed by atoms with Crippen LogP contribution in [0.4, 0.5) is 0 Å². The molecule has 0 spiro atoms. The second-order valence-corrected chi connectivity index (χ2v) is 3.64. The van der Waals surface area contributed by atoms with Crippen molar-refractivity contribution in [1.29, 1.82) is 0 Å². The number of carboxylic acid groups (broad SMARTS) is 1. The molecule has 0 aliphatic heterocycles. The lowest BCUT2D eigenvalue weighted by molar-refractivity contribution is -0.138. The Labute approximate surface area is 87.9 Å². The Bertz CT molecular complexity index is 209. The van der Waals surface area contributed by atoms with E-state index in [1.165, 1.54) is 11.8 Å². The Morgan fingerprint density at radius 1 is 1.57 bits per heavy atom. The van der Waals surface area contributed by atoms with Crippen molar-refractivity contribution in [2.45, 2.75) is 25.3 Å². The van der Waals surface area contributed by atoms with Crippen LogP contribution in [0.5, 0.6) is 0 Å². The molecular weight excluding hydrogens is 202 g/mol. The van der Waals surface area contributed by atoms with Crippen molar-refractivity contribution in [3.63, 3.8) is 0 Å². The number of hydrogen-bond acceptors (Lipinski definition) is 4. The van der Waals surface area contributed by atoms with E-state index in [0.717, 1.165) is 12.8 Å². The lowest BCUT2D eigenvalue weighted by atomic mass is 10.1. The SMILES string of the molecule is CSC(N)=N[C@H](CCCCN)C(=O)O.